The largest absolute Gasteiger partial charge is 0.497 e. The highest BCUT2D eigenvalue weighted by molar-refractivity contribution is 6.08. The second-order valence-electron chi connectivity index (χ2n) is 2.70. The Morgan fingerprint density at radius 1 is 1.47 bits per heavy atom. The monoisotopic (exact) mass is 202 g/mol. The van der Waals surface area contributed by atoms with E-state index in [9.17, 15) is 0 Å². The first-order valence-electron chi connectivity index (χ1n) is 4.24. The summed E-state index contributed by atoms with van der Waals surface area (Å²) in [5.74, 6) is 0.767. The van der Waals surface area contributed by atoms with Crippen molar-refractivity contribution in [3.05, 3.63) is 35.9 Å². The number of nitriles is 1. The lowest BCUT2D eigenvalue weighted by Gasteiger charge is -1.98. The molecule has 0 spiro atoms. The Bertz CT molecular complexity index is 413. The van der Waals surface area contributed by atoms with Crippen molar-refractivity contribution in [1.29, 1.82) is 5.26 Å². The first kappa shape index (κ1) is 10.8. The molecule has 1 N–H and O–H groups in total. The lowest BCUT2D eigenvalue weighted by atomic mass is 10.2. The second-order valence-corrected chi connectivity index (χ2v) is 2.70. The zero-order chi connectivity index (χ0) is 11.1. The molecule has 0 aromatic heterocycles. The number of nitrogens with zero attached hydrogens (tertiary/aromatic N) is 2. The van der Waals surface area contributed by atoms with Crippen LogP contribution >= 0.6 is 0 Å². The van der Waals surface area contributed by atoms with Crippen LogP contribution in [0.4, 0.5) is 0 Å². The summed E-state index contributed by atoms with van der Waals surface area (Å²) in [6, 6.07) is 9.02. The molecule has 0 atom stereocenters. The zero-order valence-corrected chi connectivity index (χ0v) is 8.21. The molecular weight excluding hydrogens is 192 g/mol. The number of rotatable bonds is 3. The first-order valence-corrected chi connectivity index (χ1v) is 4.24. The third-order valence-electron chi connectivity index (χ3n) is 1.77. The molecule has 0 heterocycles. The van der Waals surface area contributed by atoms with Gasteiger partial charge in [0.1, 0.15) is 11.8 Å². The Morgan fingerprint density at radius 3 is 2.60 bits per heavy atom. The molecule has 0 radical (unpaired) electrons. The highest BCUT2D eigenvalue weighted by Crippen LogP contribution is 2.12. The molecule has 4 nitrogen and oxygen atoms in total. The van der Waals surface area contributed by atoms with Crippen molar-refractivity contribution in [1.82, 2.24) is 0 Å². The van der Waals surface area contributed by atoms with E-state index in [2.05, 4.69) is 5.16 Å². The van der Waals surface area contributed by atoms with Crippen LogP contribution in [0.3, 0.4) is 0 Å². The fourth-order valence-electron chi connectivity index (χ4n) is 0.983. The van der Waals surface area contributed by atoms with Gasteiger partial charge in [0.25, 0.3) is 0 Å². The summed E-state index contributed by atoms with van der Waals surface area (Å²) >= 11 is 0. The van der Waals surface area contributed by atoms with E-state index in [4.69, 9.17) is 15.2 Å². The minimum absolute atomic E-state index is 0.0363. The molecule has 0 aliphatic heterocycles. The Morgan fingerprint density at radius 2 is 2.13 bits per heavy atom. The summed E-state index contributed by atoms with van der Waals surface area (Å²) in [5, 5.41) is 19.7. The maximum absolute atomic E-state index is 8.47. The van der Waals surface area contributed by atoms with Gasteiger partial charge >= 0.3 is 0 Å². The molecular formula is C11H10N2O2. The first-order chi connectivity index (χ1) is 7.30. The lowest BCUT2D eigenvalue weighted by Crippen LogP contribution is -1.86. The maximum atomic E-state index is 8.47. The number of methoxy groups -OCH3 is 1. The molecule has 1 aromatic rings. The number of hydrogen-bond donors (Lipinski definition) is 1. The molecule has 0 saturated heterocycles. The van der Waals surface area contributed by atoms with Gasteiger partial charge in [-0.15, -0.1) is 0 Å². The number of hydrogen-bond acceptors (Lipinski definition) is 4. The van der Waals surface area contributed by atoms with Gasteiger partial charge < -0.3 is 9.94 Å². The fraction of sp³-hybridized carbons (Fsp3) is 0.0909. The normalized spacial score (nSPS) is 11.3. The van der Waals surface area contributed by atoms with Gasteiger partial charge in [-0.05, 0) is 23.8 Å². The SMILES string of the molecule is COc1ccc(C=CC(C#N)=NO)cc1. The van der Waals surface area contributed by atoms with Crippen LogP contribution in [0.15, 0.2) is 35.5 Å². The minimum atomic E-state index is -0.0363. The van der Waals surface area contributed by atoms with Crippen LogP contribution in [0.25, 0.3) is 6.08 Å². The van der Waals surface area contributed by atoms with Crippen molar-refractivity contribution in [2.24, 2.45) is 5.16 Å². The van der Waals surface area contributed by atoms with Crippen molar-refractivity contribution in [3.8, 4) is 11.8 Å². The molecule has 0 unspecified atom stereocenters. The average Bonchev–Trinajstić information content (AvgIpc) is 2.31. The molecule has 0 bridgehead atoms. The summed E-state index contributed by atoms with van der Waals surface area (Å²) < 4.78 is 5.00. The van der Waals surface area contributed by atoms with E-state index < -0.39 is 0 Å². The summed E-state index contributed by atoms with van der Waals surface area (Å²) in [4.78, 5) is 0. The molecule has 0 fully saturated rings. The molecule has 15 heavy (non-hydrogen) atoms. The van der Waals surface area contributed by atoms with Gasteiger partial charge in [-0.25, -0.2) is 0 Å². The second kappa shape index (κ2) is 5.45. The Labute approximate surface area is 87.7 Å². The predicted molar refractivity (Wildman–Crippen MR) is 56.9 cm³/mol. The van der Waals surface area contributed by atoms with Gasteiger partial charge in [0, 0.05) is 0 Å². The standard InChI is InChI=1S/C11H10N2O2/c1-15-11-6-3-9(4-7-11)2-5-10(8-12)13-14/h2-7,14H,1H3. The number of benzene rings is 1. The van der Waals surface area contributed by atoms with Crippen LogP contribution in [0.5, 0.6) is 5.75 Å². The summed E-state index contributed by atoms with van der Waals surface area (Å²) in [6.07, 6.45) is 3.11. The lowest BCUT2D eigenvalue weighted by molar-refractivity contribution is 0.320. The molecule has 0 aliphatic carbocycles. The van der Waals surface area contributed by atoms with Crippen LogP contribution in [-0.4, -0.2) is 18.0 Å². The number of allylic oxidation sites excluding steroid dienone is 1. The van der Waals surface area contributed by atoms with E-state index >= 15 is 0 Å². The topological polar surface area (TPSA) is 65.6 Å². The van der Waals surface area contributed by atoms with Crippen molar-refractivity contribution < 1.29 is 9.94 Å². The molecule has 0 amide bonds. The van der Waals surface area contributed by atoms with Gasteiger partial charge in [0.15, 0.2) is 5.71 Å². The van der Waals surface area contributed by atoms with Crippen LogP contribution in [-0.2, 0) is 0 Å². The van der Waals surface area contributed by atoms with Gasteiger partial charge in [0.2, 0.25) is 0 Å². The Hall–Kier alpha value is -2.28. The van der Waals surface area contributed by atoms with Crippen molar-refractivity contribution in [3.63, 3.8) is 0 Å². The van der Waals surface area contributed by atoms with E-state index in [1.165, 1.54) is 6.08 Å². The molecule has 4 heteroatoms. The van der Waals surface area contributed by atoms with E-state index in [-0.39, 0.29) is 5.71 Å². The number of ether oxygens (including phenoxy) is 1. The average molecular weight is 202 g/mol. The minimum Gasteiger partial charge on any atom is -0.497 e. The Kier molecular flexibility index (Phi) is 3.92. The van der Waals surface area contributed by atoms with Crippen LogP contribution < -0.4 is 4.74 Å². The Balaban J connectivity index is 2.78. The van der Waals surface area contributed by atoms with Gasteiger partial charge in [0.05, 0.1) is 7.11 Å². The van der Waals surface area contributed by atoms with Gasteiger partial charge in [-0.2, -0.15) is 5.26 Å². The van der Waals surface area contributed by atoms with E-state index in [1.807, 2.05) is 24.3 Å². The van der Waals surface area contributed by atoms with Crippen molar-refractivity contribution in [2.75, 3.05) is 7.11 Å². The van der Waals surface area contributed by atoms with E-state index in [0.717, 1.165) is 11.3 Å². The molecule has 0 aliphatic rings. The molecule has 1 rings (SSSR count). The maximum Gasteiger partial charge on any atom is 0.179 e. The summed E-state index contributed by atoms with van der Waals surface area (Å²) in [6.45, 7) is 0. The van der Waals surface area contributed by atoms with Crippen LogP contribution in [0.2, 0.25) is 0 Å². The quantitative estimate of drug-likeness (QED) is 0.463. The van der Waals surface area contributed by atoms with Crippen molar-refractivity contribution in [2.45, 2.75) is 0 Å². The highest BCUT2D eigenvalue weighted by Gasteiger charge is 1.92. The van der Waals surface area contributed by atoms with E-state index in [1.54, 1.807) is 19.3 Å². The molecule has 1 aromatic carbocycles. The number of oxime groups is 1. The molecule has 0 saturated carbocycles. The van der Waals surface area contributed by atoms with Crippen LogP contribution in [0.1, 0.15) is 5.56 Å². The predicted octanol–water partition coefficient (Wildman–Crippen LogP) is 2.06. The van der Waals surface area contributed by atoms with E-state index in [0.29, 0.717) is 0 Å². The molecule has 76 valence electrons. The highest BCUT2D eigenvalue weighted by atomic mass is 16.5. The third-order valence-corrected chi connectivity index (χ3v) is 1.77. The van der Waals surface area contributed by atoms with Crippen molar-refractivity contribution >= 4 is 11.8 Å². The zero-order valence-electron chi connectivity index (χ0n) is 8.21. The van der Waals surface area contributed by atoms with Gasteiger partial charge in [-0.1, -0.05) is 23.4 Å². The summed E-state index contributed by atoms with van der Waals surface area (Å²) in [5.41, 5.74) is 0.859. The van der Waals surface area contributed by atoms with Crippen LogP contribution in [0, 0.1) is 11.3 Å². The van der Waals surface area contributed by atoms with Gasteiger partial charge in [-0.3, -0.25) is 0 Å². The smallest absolute Gasteiger partial charge is 0.179 e. The third kappa shape index (κ3) is 3.16. The summed E-state index contributed by atoms with van der Waals surface area (Å²) in [7, 11) is 1.59. The fourth-order valence-corrected chi connectivity index (χ4v) is 0.983.